The molecule has 0 fully saturated rings. The summed E-state index contributed by atoms with van der Waals surface area (Å²) in [5.74, 6) is 0.950. The molecule has 0 bridgehead atoms. The van der Waals surface area contributed by atoms with Crippen molar-refractivity contribution in [1.29, 1.82) is 0 Å². The molecule has 0 aliphatic heterocycles. The van der Waals surface area contributed by atoms with E-state index in [1.807, 2.05) is 0 Å². The van der Waals surface area contributed by atoms with Gasteiger partial charge in [-0.1, -0.05) is 364 Å². The minimum atomic E-state index is -4.96. The Hall–Kier alpha value is -1.94. The summed E-state index contributed by atoms with van der Waals surface area (Å²) in [6, 6.07) is 0. The highest BCUT2D eigenvalue weighted by Crippen LogP contribution is 2.45. The third-order valence-electron chi connectivity index (χ3n) is 18.8. The van der Waals surface area contributed by atoms with Crippen LogP contribution in [0.5, 0.6) is 0 Å². The van der Waals surface area contributed by atoms with E-state index in [-0.39, 0.29) is 25.7 Å². The molecule has 2 unspecified atom stereocenters. The number of hydrogen-bond acceptors (Lipinski definition) is 15. The molecule has 5 atom stereocenters. The van der Waals surface area contributed by atoms with E-state index in [1.54, 1.807) is 0 Å². The van der Waals surface area contributed by atoms with Gasteiger partial charge in [-0.05, 0) is 49.4 Å². The van der Waals surface area contributed by atoms with E-state index in [2.05, 4.69) is 55.4 Å². The van der Waals surface area contributed by atoms with E-state index in [0.29, 0.717) is 31.6 Å². The Morgan fingerprint density at radius 2 is 0.420 bits per heavy atom. The van der Waals surface area contributed by atoms with Crippen LogP contribution < -0.4 is 0 Å². The monoisotopic (exact) mass is 1470 g/mol. The Kier molecular flexibility index (Phi) is 68.7. The predicted molar refractivity (Wildman–Crippen MR) is 409 cm³/mol. The normalized spacial score (nSPS) is 14.0. The van der Waals surface area contributed by atoms with Crippen LogP contribution in [-0.4, -0.2) is 96.7 Å². The smallest absolute Gasteiger partial charge is 0.462 e. The molecule has 0 aromatic carbocycles. The molecule has 0 spiro atoms. The van der Waals surface area contributed by atoms with Crippen LogP contribution in [0.2, 0.25) is 0 Å². The molecule has 17 nitrogen and oxygen atoms in total. The van der Waals surface area contributed by atoms with Gasteiger partial charge in [0.05, 0.1) is 26.4 Å². The molecular weight excluding hydrogens is 1310 g/mol. The summed E-state index contributed by atoms with van der Waals surface area (Å²) in [6.07, 6.45) is 57.0. The Morgan fingerprint density at radius 3 is 0.620 bits per heavy atom. The molecule has 0 heterocycles. The van der Waals surface area contributed by atoms with Gasteiger partial charge >= 0.3 is 39.5 Å². The minimum Gasteiger partial charge on any atom is -0.462 e. The van der Waals surface area contributed by atoms with Gasteiger partial charge in [0.2, 0.25) is 0 Å². The molecule has 19 heteroatoms. The maximum atomic E-state index is 13.1. The third kappa shape index (κ3) is 74.3. The molecule has 0 aromatic heterocycles. The summed E-state index contributed by atoms with van der Waals surface area (Å²) < 4.78 is 68.7. The van der Waals surface area contributed by atoms with Crippen LogP contribution in [0.1, 0.15) is 415 Å². The average Bonchev–Trinajstić information content (AvgIpc) is 0.958. The first-order valence-electron chi connectivity index (χ1n) is 41.7. The second-order valence-corrected chi connectivity index (χ2v) is 34.0. The molecule has 0 radical (unpaired) electrons. The molecule has 3 N–H and O–H groups in total. The molecule has 0 amide bonds. The fraction of sp³-hybridized carbons (Fsp3) is 0.951. The highest BCUT2D eigenvalue weighted by molar-refractivity contribution is 7.47. The average molecular weight is 1470 g/mol. The fourth-order valence-corrected chi connectivity index (χ4v) is 14.0. The Balaban J connectivity index is 5.22. The molecule has 0 saturated heterocycles. The number of aliphatic hydroxyl groups excluding tert-OH is 1. The van der Waals surface area contributed by atoms with Gasteiger partial charge in [-0.25, -0.2) is 9.13 Å². The number of carbonyl (C=O) groups is 4. The number of esters is 4. The SMILES string of the molecule is CC(C)CCCCCCCCCCCCCCCCCCC(=O)OC[C@H](COP(=O)(O)OC[C@@H](O)COP(=O)(O)OC[C@@H](COC(=O)CCCCCCCCC(C)C)OC(=O)CCCCCCCCCCCCCCCC(C)C)OC(=O)CCCCCCCCCCCCCCCC(C)C. The summed E-state index contributed by atoms with van der Waals surface area (Å²) in [5.41, 5.74) is 0. The number of hydrogen-bond donors (Lipinski definition) is 3. The second-order valence-electron chi connectivity index (χ2n) is 31.1. The first kappa shape index (κ1) is 98.1. The van der Waals surface area contributed by atoms with Crippen LogP contribution >= 0.6 is 15.6 Å². The van der Waals surface area contributed by atoms with Crippen molar-refractivity contribution in [3.63, 3.8) is 0 Å². The van der Waals surface area contributed by atoms with Crippen molar-refractivity contribution in [1.82, 2.24) is 0 Å². The van der Waals surface area contributed by atoms with Crippen molar-refractivity contribution in [2.75, 3.05) is 39.6 Å². The lowest BCUT2D eigenvalue weighted by molar-refractivity contribution is -0.161. The Morgan fingerprint density at radius 1 is 0.250 bits per heavy atom. The standard InChI is InChI=1S/C81H158O17P2/c1-71(2)57-49-41-33-27-21-15-11-9-10-12-18-24-30-36-45-53-61-78(83)91-67-76(97-80(85)63-55-47-37-31-25-19-13-16-22-28-34-42-50-58-72(3)4)69-95-99(87,88)93-65-75(82)66-94-100(89,90)96-70-77(68-92-79(84)62-54-46-40-39-44-52-60-74(7)8)98-81(86)64-56-48-38-32-26-20-14-17-23-29-35-43-51-59-73(5)6/h71-77,82H,9-70H2,1-8H3,(H,87,88)(H,89,90)/t75-,76-,77-/m1/s1. The van der Waals surface area contributed by atoms with Crippen LogP contribution in [0.4, 0.5) is 0 Å². The van der Waals surface area contributed by atoms with E-state index in [4.69, 9.17) is 37.0 Å². The van der Waals surface area contributed by atoms with Gasteiger partial charge in [0.1, 0.15) is 19.3 Å². The summed E-state index contributed by atoms with van der Waals surface area (Å²) in [4.78, 5) is 73.0. The molecule has 100 heavy (non-hydrogen) atoms. The van der Waals surface area contributed by atoms with E-state index in [1.165, 1.54) is 212 Å². The Bertz CT molecular complexity index is 1950. The maximum Gasteiger partial charge on any atom is 0.472 e. The summed E-state index contributed by atoms with van der Waals surface area (Å²) in [7, 11) is -9.92. The van der Waals surface area contributed by atoms with Crippen LogP contribution in [0.15, 0.2) is 0 Å². The highest BCUT2D eigenvalue weighted by atomic mass is 31.2. The van der Waals surface area contributed by atoms with Crippen LogP contribution in [-0.2, 0) is 65.4 Å². The van der Waals surface area contributed by atoms with Gasteiger partial charge in [0.15, 0.2) is 12.2 Å². The van der Waals surface area contributed by atoms with Crippen LogP contribution in [0.3, 0.4) is 0 Å². The summed E-state index contributed by atoms with van der Waals surface area (Å²) in [6.45, 7) is 14.2. The zero-order chi connectivity index (χ0) is 73.8. The van der Waals surface area contributed by atoms with Crippen molar-refractivity contribution >= 4 is 39.5 Å². The predicted octanol–water partition coefficient (Wildman–Crippen LogP) is 24.0. The lowest BCUT2D eigenvalue weighted by Crippen LogP contribution is -2.30. The molecule has 0 aliphatic carbocycles. The zero-order valence-electron chi connectivity index (χ0n) is 65.8. The molecular formula is C81H158O17P2. The number of unbranched alkanes of at least 4 members (excludes halogenated alkanes) is 44. The Labute approximate surface area is 613 Å². The van der Waals surface area contributed by atoms with Gasteiger partial charge in [-0.15, -0.1) is 0 Å². The summed E-state index contributed by atoms with van der Waals surface area (Å²) >= 11 is 0. The van der Waals surface area contributed by atoms with Gasteiger partial charge in [0, 0.05) is 25.7 Å². The number of ether oxygens (including phenoxy) is 4. The molecule has 0 aliphatic rings. The van der Waals surface area contributed by atoms with E-state index < -0.39 is 97.5 Å². The zero-order valence-corrected chi connectivity index (χ0v) is 67.6. The van der Waals surface area contributed by atoms with E-state index >= 15 is 0 Å². The number of phosphoric acid groups is 2. The number of carbonyl (C=O) groups excluding carboxylic acids is 4. The van der Waals surface area contributed by atoms with E-state index in [9.17, 15) is 43.2 Å². The van der Waals surface area contributed by atoms with Gasteiger partial charge in [-0.3, -0.25) is 37.3 Å². The fourth-order valence-electron chi connectivity index (χ4n) is 12.4. The van der Waals surface area contributed by atoms with Crippen LogP contribution in [0.25, 0.3) is 0 Å². The van der Waals surface area contributed by atoms with Crippen LogP contribution in [0, 0.1) is 23.7 Å². The molecule has 0 rings (SSSR count). The van der Waals surface area contributed by atoms with Crippen molar-refractivity contribution in [2.45, 2.75) is 433 Å². The summed E-state index contributed by atoms with van der Waals surface area (Å²) in [5, 5.41) is 10.6. The van der Waals surface area contributed by atoms with Gasteiger partial charge in [-0.2, -0.15) is 0 Å². The van der Waals surface area contributed by atoms with Crippen molar-refractivity contribution in [3.05, 3.63) is 0 Å². The highest BCUT2D eigenvalue weighted by Gasteiger charge is 2.30. The van der Waals surface area contributed by atoms with Gasteiger partial charge < -0.3 is 33.8 Å². The first-order chi connectivity index (χ1) is 48.1. The van der Waals surface area contributed by atoms with Gasteiger partial charge in [0.25, 0.3) is 0 Å². The quantitative estimate of drug-likeness (QED) is 0.0222. The number of phosphoric ester groups is 2. The van der Waals surface area contributed by atoms with Crippen molar-refractivity contribution in [2.24, 2.45) is 23.7 Å². The lowest BCUT2D eigenvalue weighted by atomic mass is 10.0. The first-order valence-corrected chi connectivity index (χ1v) is 44.7. The molecule has 594 valence electrons. The molecule has 0 saturated carbocycles. The maximum absolute atomic E-state index is 13.1. The van der Waals surface area contributed by atoms with Crippen molar-refractivity contribution < 1.29 is 80.2 Å². The third-order valence-corrected chi connectivity index (χ3v) is 20.7. The van der Waals surface area contributed by atoms with Crippen molar-refractivity contribution in [3.8, 4) is 0 Å². The molecule has 0 aromatic rings. The number of aliphatic hydroxyl groups is 1. The lowest BCUT2D eigenvalue weighted by Gasteiger charge is -2.21. The number of rotatable bonds is 78. The largest absolute Gasteiger partial charge is 0.472 e. The topological polar surface area (TPSA) is 237 Å². The second kappa shape index (κ2) is 70.1. The van der Waals surface area contributed by atoms with E-state index in [0.717, 1.165) is 114 Å². The minimum absolute atomic E-state index is 0.106.